The average molecular weight is 425 g/mol. The van der Waals surface area contributed by atoms with Crippen LogP contribution in [0.1, 0.15) is 39.3 Å². The van der Waals surface area contributed by atoms with Crippen LogP contribution in [0.15, 0.2) is 11.4 Å². The van der Waals surface area contributed by atoms with E-state index in [4.69, 9.17) is 21.3 Å². The molecule has 150 valence electrons. The van der Waals surface area contributed by atoms with Gasteiger partial charge < -0.3 is 9.64 Å². The maximum Gasteiger partial charge on any atom is 0.410 e. The van der Waals surface area contributed by atoms with Gasteiger partial charge in [-0.25, -0.2) is 24.1 Å². The van der Waals surface area contributed by atoms with E-state index >= 15 is 0 Å². The number of pyridine rings is 1. The van der Waals surface area contributed by atoms with E-state index < -0.39 is 11.4 Å². The zero-order chi connectivity index (χ0) is 20.3. The fourth-order valence-corrected chi connectivity index (χ4v) is 4.51. The Kier molecular flexibility index (Phi) is 4.69. The Morgan fingerprint density at radius 3 is 2.82 bits per heavy atom. The van der Waals surface area contributed by atoms with Crippen molar-refractivity contribution in [1.82, 2.24) is 19.9 Å². The van der Waals surface area contributed by atoms with Gasteiger partial charge in [-0.1, -0.05) is 23.4 Å². The van der Waals surface area contributed by atoms with E-state index in [2.05, 4.69) is 9.97 Å². The number of nitrogens with zero attached hydrogens (tertiary/aromatic N) is 4. The third-order valence-electron chi connectivity index (χ3n) is 5.43. The molecule has 1 amide bonds. The molecule has 2 fully saturated rings. The molecule has 9 heteroatoms. The van der Waals surface area contributed by atoms with Gasteiger partial charge in [-0.15, -0.1) is 0 Å². The molecule has 2 unspecified atom stereocenters. The van der Waals surface area contributed by atoms with Gasteiger partial charge in [-0.05, 0) is 45.8 Å². The molecular formula is C19H22ClFN4O2S. The first-order valence-corrected chi connectivity index (χ1v) is 10.8. The van der Waals surface area contributed by atoms with Crippen molar-refractivity contribution in [2.45, 2.75) is 49.8 Å². The van der Waals surface area contributed by atoms with Gasteiger partial charge in [0.2, 0.25) is 0 Å². The first-order valence-electron chi connectivity index (χ1n) is 9.19. The topological polar surface area (TPSA) is 68.2 Å². The maximum atomic E-state index is 14.6. The Morgan fingerprint density at radius 2 is 2.18 bits per heavy atom. The highest BCUT2D eigenvalue weighted by atomic mass is 35.5. The molecule has 28 heavy (non-hydrogen) atoms. The Morgan fingerprint density at radius 1 is 1.43 bits per heavy atom. The van der Waals surface area contributed by atoms with Crippen LogP contribution in [-0.4, -0.2) is 50.9 Å². The van der Waals surface area contributed by atoms with E-state index in [9.17, 15) is 9.18 Å². The molecule has 2 aromatic heterocycles. The fraction of sp³-hybridized carbons (Fsp3) is 0.579. The molecule has 2 aliphatic rings. The van der Waals surface area contributed by atoms with Crippen molar-refractivity contribution < 1.29 is 13.9 Å². The number of piperidine rings is 1. The molecule has 0 radical (unpaired) electrons. The number of hydrogen-bond acceptors (Lipinski definition) is 6. The summed E-state index contributed by atoms with van der Waals surface area (Å²) in [7, 11) is 0. The monoisotopic (exact) mass is 424 g/mol. The summed E-state index contributed by atoms with van der Waals surface area (Å²) in [6.45, 7) is 6.77. The van der Waals surface area contributed by atoms with Crippen molar-refractivity contribution in [1.29, 1.82) is 0 Å². The number of thioether (sulfide) groups is 1. The minimum absolute atomic E-state index is 0.174. The van der Waals surface area contributed by atoms with Crippen molar-refractivity contribution in [2.24, 2.45) is 5.92 Å². The van der Waals surface area contributed by atoms with Crippen molar-refractivity contribution in [2.75, 3.05) is 19.3 Å². The van der Waals surface area contributed by atoms with Crippen LogP contribution >= 0.6 is 23.4 Å². The molecule has 1 aliphatic carbocycles. The van der Waals surface area contributed by atoms with E-state index in [0.29, 0.717) is 23.6 Å². The second-order valence-electron chi connectivity index (χ2n) is 8.42. The zero-order valence-electron chi connectivity index (χ0n) is 16.3. The summed E-state index contributed by atoms with van der Waals surface area (Å²) < 4.78 is 20.1. The van der Waals surface area contributed by atoms with Gasteiger partial charge >= 0.3 is 6.09 Å². The lowest BCUT2D eigenvalue weighted by atomic mass is 9.89. The Hall–Kier alpha value is -1.67. The highest BCUT2D eigenvalue weighted by Gasteiger charge is 2.60. The summed E-state index contributed by atoms with van der Waals surface area (Å²) in [6, 6.07) is 0. The lowest BCUT2D eigenvalue weighted by Crippen LogP contribution is -2.43. The largest absolute Gasteiger partial charge is 0.444 e. The predicted octanol–water partition coefficient (Wildman–Crippen LogP) is 4.44. The van der Waals surface area contributed by atoms with Crippen LogP contribution in [0.2, 0.25) is 5.15 Å². The Bertz CT molecular complexity index is 967. The van der Waals surface area contributed by atoms with Crippen molar-refractivity contribution in [3.63, 3.8) is 0 Å². The van der Waals surface area contributed by atoms with Crippen LogP contribution in [0.5, 0.6) is 0 Å². The number of halogens is 2. The normalized spacial score (nSPS) is 24.2. The Balaban J connectivity index is 1.66. The lowest BCUT2D eigenvalue weighted by Gasteiger charge is -2.33. The summed E-state index contributed by atoms with van der Waals surface area (Å²) >= 11 is 7.23. The van der Waals surface area contributed by atoms with Crippen molar-refractivity contribution in [3.05, 3.63) is 22.9 Å². The predicted molar refractivity (Wildman–Crippen MR) is 106 cm³/mol. The number of rotatable bonds is 2. The van der Waals surface area contributed by atoms with Crippen molar-refractivity contribution in [3.8, 4) is 0 Å². The average Bonchev–Trinajstić information content (AvgIpc) is 3.37. The number of likely N-dealkylation sites (tertiary alicyclic amines) is 1. The molecular weight excluding hydrogens is 403 g/mol. The van der Waals surface area contributed by atoms with E-state index in [1.54, 1.807) is 11.1 Å². The number of fused-ring (bicyclic) bond motifs is 2. The van der Waals surface area contributed by atoms with Gasteiger partial charge in [0.1, 0.15) is 11.1 Å². The quantitative estimate of drug-likeness (QED) is 0.403. The molecule has 0 aromatic carbocycles. The van der Waals surface area contributed by atoms with Gasteiger partial charge in [0.15, 0.2) is 16.1 Å². The van der Waals surface area contributed by atoms with Crippen LogP contribution in [-0.2, 0) is 10.2 Å². The van der Waals surface area contributed by atoms with Crippen LogP contribution in [0.25, 0.3) is 10.9 Å². The van der Waals surface area contributed by atoms with Gasteiger partial charge in [0, 0.05) is 30.1 Å². The molecule has 1 saturated heterocycles. The summed E-state index contributed by atoms with van der Waals surface area (Å²) in [4.78, 5) is 27.2. The lowest BCUT2D eigenvalue weighted by molar-refractivity contribution is 0.0198. The first-order chi connectivity index (χ1) is 13.1. The van der Waals surface area contributed by atoms with Gasteiger partial charge in [0.05, 0.1) is 5.69 Å². The number of aromatic nitrogens is 3. The molecule has 2 aromatic rings. The number of carbonyl (C=O) groups excluding carboxylic acids is 1. The minimum atomic E-state index is -0.613. The molecule has 1 aliphatic heterocycles. The number of amides is 1. The molecule has 0 spiro atoms. The summed E-state index contributed by atoms with van der Waals surface area (Å²) in [5.74, 6) is -0.349. The van der Waals surface area contributed by atoms with E-state index in [1.807, 2.05) is 27.0 Å². The third kappa shape index (κ3) is 3.30. The molecule has 4 rings (SSSR count). The molecule has 0 N–H and O–H groups in total. The van der Waals surface area contributed by atoms with Gasteiger partial charge in [-0.3, -0.25) is 0 Å². The van der Waals surface area contributed by atoms with E-state index in [1.165, 1.54) is 11.8 Å². The smallest absolute Gasteiger partial charge is 0.410 e. The fourth-order valence-electron chi connectivity index (χ4n) is 4.00. The van der Waals surface area contributed by atoms with Crippen molar-refractivity contribution >= 4 is 40.4 Å². The molecule has 6 nitrogen and oxygen atoms in total. The SMILES string of the molecule is CSc1nc(C23CCN(C(=O)OC(C)(C)C)CC2C3)c2cnc(Cl)c(F)c2n1. The molecule has 2 atom stereocenters. The maximum absolute atomic E-state index is 14.6. The summed E-state index contributed by atoms with van der Waals surface area (Å²) in [6.07, 6.45) is 4.78. The van der Waals surface area contributed by atoms with E-state index in [-0.39, 0.29) is 28.1 Å². The molecule has 3 heterocycles. The van der Waals surface area contributed by atoms with Crippen LogP contribution in [0, 0.1) is 11.7 Å². The van der Waals surface area contributed by atoms with E-state index in [0.717, 1.165) is 18.5 Å². The Labute approximate surface area is 172 Å². The number of ether oxygens (including phenoxy) is 1. The van der Waals surface area contributed by atoms with Crippen LogP contribution < -0.4 is 0 Å². The highest BCUT2D eigenvalue weighted by molar-refractivity contribution is 7.98. The second-order valence-corrected chi connectivity index (χ2v) is 9.55. The number of carbonyl (C=O) groups is 1. The van der Waals surface area contributed by atoms with Gasteiger partial charge in [0.25, 0.3) is 0 Å². The van der Waals surface area contributed by atoms with Crippen LogP contribution in [0.4, 0.5) is 9.18 Å². The standard InChI is InChI=1S/C19H22ClFN4O2S/c1-18(2,3)27-17(26)25-6-5-19(7-10(19)9-25)14-11-8-22-15(20)12(21)13(11)23-16(24-14)28-4/h8,10H,5-7,9H2,1-4H3. The van der Waals surface area contributed by atoms with Crippen LogP contribution in [0.3, 0.4) is 0 Å². The summed E-state index contributed by atoms with van der Waals surface area (Å²) in [5.41, 5.74) is 0.336. The first kappa shape index (κ1) is 19.6. The zero-order valence-corrected chi connectivity index (χ0v) is 17.8. The minimum Gasteiger partial charge on any atom is -0.444 e. The number of hydrogen-bond donors (Lipinski definition) is 0. The van der Waals surface area contributed by atoms with Gasteiger partial charge in [-0.2, -0.15) is 0 Å². The molecule has 1 saturated carbocycles. The summed E-state index contributed by atoms with van der Waals surface area (Å²) in [5, 5.41) is 0.931. The highest BCUT2D eigenvalue weighted by Crippen LogP contribution is 2.60. The molecule has 0 bridgehead atoms. The third-order valence-corrected chi connectivity index (χ3v) is 6.24. The second kappa shape index (κ2) is 6.69.